The lowest BCUT2D eigenvalue weighted by molar-refractivity contribution is 0.214. The maximum Gasteiger partial charge on any atom is 0.103 e. The average molecular weight is 132 g/mol. The Hall–Kier alpha value is -0.150. The van der Waals surface area contributed by atoms with Gasteiger partial charge < -0.3 is 11.5 Å². The fraction of sp³-hybridized carbons (Fsp3) is 1.00. The van der Waals surface area contributed by atoms with Gasteiger partial charge in [0.2, 0.25) is 0 Å². The lowest BCUT2D eigenvalue weighted by atomic mass is 9.91. The molecule has 3 heteroatoms. The summed E-state index contributed by atoms with van der Waals surface area (Å²) >= 11 is 0. The molecule has 0 aliphatic heterocycles. The second-order valence-corrected chi connectivity index (χ2v) is 2.82. The number of alkyl halides is 1. The van der Waals surface area contributed by atoms with Gasteiger partial charge in [-0.2, -0.15) is 0 Å². The van der Waals surface area contributed by atoms with Gasteiger partial charge in [-0.15, -0.1) is 0 Å². The Bertz CT molecular complexity index is 72.0. The first kappa shape index (κ1) is 6.96. The van der Waals surface area contributed by atoms with Crippen LogP contribution >= 0.6 is 0 Å². The number of rotatable bonds is 0. The Morgan fingerprint density at radius 2 is 1.44 bits per heavy atom. The van der Waals surface area contributed by atoms with Crippen molar-refractivity contribution in [2.45, 2.75) is 37.5 Å². The summed E-state index contributed by atoms with van der Waals surface area (Å²) in [7, 11) is 0. The van der Waals surface area contributed by atoms with E-state index in [-0.39, 0.29) is 12.1 Å². The highest BCUT2D eigenvalue weighted by atomic mass is 19.1. The molecule has 0 heterocycles. The molecule has 1 aliphatic rings. The first-order valence-corrected chi connectivity index (χ1v) is 3.33. The van der Waals surface area contributed by atoms with E-state index in [0.29, 0.717) is 12.8 Å². The molecule has 0 aromatic heterocycles. The average Bonchev–Trinajstić information content (AvgIpc) is 1.59. The highest BCUT2D eigenvalue weighted by Crippen LogP contribution is 2.18. The van der Waals surface area contributed by atoms with Gasteiger partial charge in [0, 0.05) is 12.1 Å². The van der Waals surface area contributed by atoms with Crippen LogP contribution in [0.5, 0.6) is 0 Å². The molecule has 0 bridgehead atoms. The van der Waals surface area contributed by atoms with Gasteiger partial charge in [-0.05, 0) is 19.3 Å². The first-order valence-electron chi connectivity index (χ1n) is 3.33. The molecule has 54 valence electrons. The Morgan fingerprint density at radius 1 is 1.00 bits per heavy atom. The SMILES string of the molecule is NC1CC(N)CC(F)C1. The van der Waals surface area contributed by atoms with Crippen molar-refractivity contribution in [3.05, 3.63) is 0 Å². The monoisotopic (exact) mass is 132 g/mol. The van der Waals surface area contributed by atoms with Crippen molar-refractivity contribution in [3.8, 4) is 0 Å². The van der Waals surface area contributed by atoms with Gasteiger partial charge >= 0.3 is 0 Å². The summed E-state index contributed by atoms with van der Waals surface area (Å²) in [6.07, 6.45) is 1.01. The number of nitrogens with two attached hydrogens (primary N) is 2. The maximum absolute atomic E-state index is 12.5. The molecule has 1 saturated carbocycles. The molecule has 0 aromatic carbocycles. The van der Waals surface area contributed by atoms with Gasteiger partial charge in [0.1, 0.15) is 6.17 Å². The zero-order valence-corrected chi connectivity index (χ0v) is 5.39. The lowest BCUT2D eigenvalue weighted by Crippen LogP contribution is -2.40. The lowest BCUT2D eigenvalue weighted by Gasteiger charge is -2.25. The zero-order chi connectivity index (χ0) is 6.85. The molecule has 2 unspecified atom stereocenters. The smallest absolute Gasteiger partial charge is 0.103 e. The molecule has 0 amide bonds. The van der Waals surface area contributed by atoms with Crippen molar-refractivity contribution in [3.63, 3.8) is 0 Å². The Labute approximate surface area is 54.4 Å². The highest BCUT2D eigenvalue weighted by molar-refractivity contribution is 4.82. The van der Waals surface area contributed by atoms with Crippen molar-refractivity contribution in [2.75, 3.05) is 0 Å². The quantitative estimate of drug-likeness (QED) is 0.493. The van der Waals surface area contributed by atoms with Gasteiger partial charge in [0.25, 0.3) is 0 Å². The summed E-state index contributed by atoms with van der Waals surface area (Å²) in [6, 6.07) is -0.0208. The largest absolute Gasteiger partial charge is 0.328 e. The molecule has 1 fully saturated rings. The minimum absolute atomic E-state index is 0.0104. The summed E-state index contributed by atoms with van der Waals surface area (Å²) in [6.45, 7) is 0. The Morgan fingerprint density at radius 3 is 1.78 bits per heavy atom. The first-order chi connectivity index (χ1) is 4.18. The van der Waals surface area contributed by atoms with Gasteiger partial charge in [0.15, 0.2) is 0 Å². The van der Waals surface area contributed by atoms with Gasteiger partial charge in [-0.3, -0.25) is 0 Å². The van der Waals surface area contributed by atoms with Gasteiger partial charge in [0.05, 0.1) is 0 Å². The summed E-state index contributed by atoms with van der Waals surface area (Å²) in [5, 5.41) is 0. The van der Waals surface area contributed by atoms with Crippen LogP contribution in [0.1, 0.15) is 19.3 Å². The summed E-state index contributed by atoms with van der Waals surface area (Å²) in [5.41, 5.74) is 11.0. The number of hydrogen-bond acceptors (Lipinski definition) is 2. The molecule has 1 rings (SSSR count). The topological polar surface area (TPSA) is 52.0 Å². The third-order valence-corrected chi connectivity index (χ3v) is 1.72. The van der Waals surface area contributed by atoms with E-state index in [0.717, 1.165) is 6.42 Å². The van der Waals surface area contributed by atoms with Crippen LogP contribution < -0.4 is 11.5 Å². The van der Waals surface area contributed by atoms with Crippen molar-refractivity contribution < 1.29 is 4.39 Å². The van der Waals surface area contributed by atoms with E-state index < -0.39 is 6.17 Å². The zero-order valence-electron chi connectivity index (χ0n) is 5.39. The van der Waals surface area contributed by atoms with Crippen LogP contribution in [0, 0.1) is 0 Å². The van der Waals surface area contributed by atoms with Crippen LogP contribution in [0.4, 0.5) is 4.39 Å². The Kier molecular flexibility index (Phi) is 2.03. The van der Waals surface area contributed by atoms with E-state index in [9.17, 15) is 4.39 Å². The third-order valence-electron chi connectivity index (χ3n) is 1.72. The van der Waals surface area contributed by atoms with Crippen LogP contribution in [0.15, 0.2) is 0 Å². The van der Waals surface area contributed by atoms with Crippen LogP contribution in [-0.4, -0.2) is 18.3 Å². The second-order valence-electron chi connectivity index (χ2n) is 2.82. The van der Waals surface area contributed by atoms with E-state index in [1.807, 2.05) is 0 Å². The highest BCUT2D eigenvalue weighted by Gasteiger charge is 2.23. The normalized spacial score (nSPS) is 45.0. The predicted molar refractivity (Wildman–Crippen MR) is 34.7 cm³/mol. The van der Waals surface area contributed by atoms with Gasteiger partial charge in [-0.25, -0.2) is 4.39 Å². The maximum atomic E-state index is 12.5. The molecular weight excluding hydrogens is 119 g/mol. The van der Waals surface area contributed by atoms with Crippen molar-refractivity contribution in [2.24, 2.45) is 11.5 Å². The van der Waals surface area contributed by atoms with Crippen molar-refractivity contribution in [1.82, 2.24) is 0 Å². The van der Waals surface area contributed by atoms with Crippen LogP contribution in [-0.2, 0) is 0 Å². The minimum atomic E-state index is -0.760. The van der Waals surface area contributed by atoms with Crippen LogP contribution in [0.3, 0.4) is 0 Å². The molecule has 2 atom stereocenters. The van der Waals surface area contributed by atoms with Crippen molar-refractivity contribution in [1.29, 1.82) is 0 Å². The fourth-order valence-electron chi connectivity index (χ4n) is 1.33. The molecule has 4 N–H and O–H groups in total. The van der Waals surface area contributed by atoms with E-state index >= 15 is 0 Å². The number of hydrogen-bond donors (Lipinski definition) is 2. The van der Waals surface area contributed by atoms with Crippen molar-refractivity contribution >= 4 is 0 Å². The molecule has 0 radical (unpaired) electrons. The Balaban J connectivity index is 2.34. The second kappa shape index (κ2) is 2.62. The minimum Gasteiger partial charge on any atom is -0.328 e. The summed E-state index contributed by atoms with van der Waals surface area (Å²) in [4.78, 5) is 0. The number of halogens is 1. The van der Waals surface area contributed by atoms with E-state index in [4.69, 9.17) is 11.5 Å². The molecule has 9 heavy (non-hydrogen) atoms. The van der Waals surface area contributed by atoms with E-state index in [1.165, 1.54) is 0 Å². The molecule has 0 aromatic rings. The molecular formula is C6H13FN2. The van der Waals surface area contributed by atoms with E-state index in [1.54, 1.807) is 0 Å². The predicted octanol–water partition coefficient (Wildman–Crippen LogP) is 0.163. The molecule has 0 spiro atoms. The fourth-order valence-corrected chi connectivity index (χ4v) is 1.33. The third kappa shape index (κ3) is 1.91. The van der Waals surface area contributed by atoms with Gasteiger partial charge in [-0.1, -0.05) is 0 Å². The molecule has 1 aliphatic carbocycles. The summed E-state index contributed by atoms with van der Waals surface area (Å²) in [5.74, 6) is 0. The standard InChI is InChI=1S/C6H13FN2/c7-4-1-5(8)3-6(9)2-4/h4-6H,1-3,8-9H2. The van der Waals surface area contributed by atoms with Crippen LogP contribution in [0.25, 0.3) is 0 Å². The summed E-state index contributed by atoms with van der Waals surface area (Å²) < 4.78 is 12.5. The van der Waals surface area contributed by atoms with Crippen LogP contribution in [0.2, 0.25) is 0 Å². The van der Waals surface area contributed by atoms with E-state index in [2.05, 4.69) is 0 Å². The molecule has 0 saturated heterocycles. The molecule has 2 nitrogen and oxygen atoms in total.